The molecule has 0 heterocycles. The smallest absolute Gasteiger partial charge is 1.00 e. The van der Waals surface area contributed by atoms with E-state index in [2.05, 4.69) is 0 Å². The van der Waals surface area contributed by atoms with Gasteiger partial charge in [-0.1, -0.05) is 7.43 Å². The van der Waals surface area contributed by atoms with E-state index in [1.54, 1.807) is 0 Å². The van der Waals surface area contributed by atoms with Gasteiger partial charge in [0.1, 0.15) is 0 Å². The van der Waals surface area contributed by atoms with Crippen molar-refractivity contribution in [2.75, 3.05) is 0 Å². The van der Waals surface area contributed by atoms with Crippen molar-refractivity contribution in [2.45, 2.75) is 7.43 Å². The Hall–Kier alpha value is 3.65. The molecule has 0 rings (SSSR count). The van der Waals surface area contributed by atoms with Gasteiger partial charge in [-0.2, -0.15) is 13.5 Å². The molecule has 0 atom stereocenters. The van der Waals surface area contributed by atoms with Crippen LogP contribution in [0.5, 0.6) is 0 Å². The van der Waals surface area contributed by atoms with Crippen molar-refractivity contribution in [2.24, 2.45) is 0 Å². The molecule has 0 nitrogen and oxygen atoms in total. The zero-order chi connectivity index (χ0) is 0. The first-order valence-electron chi connectivity index (χ1n) is 0. The first-order chi connectivity index (χ1) is 0. The van der Waals surface area contributed by atoms with Crippen LogP contribution in [0.2, 0.25) is 0 Å². The van der Waals surface area contributed by atoms with Crippen LogP contribution in [0.25, 0.3) is 0 Å². The second-order valence-electron chi connectivity index (χ2n) is 0. The minimum absolute atomic E-state index is 0. The molecule has 0 spiro atoms. The van der Waals surface area contributed by atoms with E-state index in [4.69, 9.17) is 0 Å². The van der Waals surface area contributed by atoms with Crippen molar-refractivity contribution in [1.82, 2.24) is 0 Å². The van der Waals surface area contributed by atoms with Crippen LogP contribution >= 0.6 is 13.5 Å². The van der Waals surface area contributed by atoms with Gasteiger partial charge >= 0.3 is 60.8 Å². The van der Waals surface area contributed by atoms with Crippen LogP contribution in [0.1, 0.15) is 13.1 Å². The van der Waals surface area contributed by atoms with E-state index in [1.165, 1.54) is 0 Å². The maximum atomic E-state index is 0. The van der Waals surface area contributed by atoms with Gasteiger partial charge in [-0.3, -0.25) is 0 Å². The van der Waals surface area contributed by atoms with Crippen molar-refractivity contribution >= 4 is 82.7 Å². The molecule has 7 heavy (non-hydrogen) atoms. The van der Waals surface area contributed by atoms with Gasteiger partial charge in [0, 0.05) is 46.5 Å². The van der Waals surface area contributed by atoms with Crippen LogP contribution in [0.3, 0.4) is 0 Å². The topological polar surface area (TPSA) is 0 Å². The molecule has 0 aliphatic carbocycles. The third-order valence-electron chi connectivity index (χ3n) is 0. The second-order valence-corrected chi connectivity index (χ2v) is 0. The van der Waals surface area contributed by atoms with Gasteiger partial charge in [-0.05, 0) is 0 Å². The molecule has 0 aromatic carbocycles. The molecule has 0 unspecified atom stereocenters. The zero-order valence-electron chi connectivity index (χ0n) is 7.25. The fraction of sp³-hybridized carbons (Fsp3) is 1.00. The van der Waals surface area contributed by atoms with Crippen LogP contribution in [0.15, 0.2) is 0 Å². The van der Waals surface area contributed by atoms with Gasteiger partial charge in [-0.25, -0.2) is 0 Å². The molecule has 0 amide bonds. The summed E-state index contributed by atoms with van der Waals surface area (Å²) in [5.41, 5.74) is 0. The Kier molecular flexibility index (Phi) is 577. The van der Waals surface area contributed by atoms with Gasteiger partial charge in [0.05, 0.1) is 0 Å². The Labute approximate surface area is 132 Å². The summed E-state index contributed by atoms with van der Waals surface area (Å²) in [6.07, 6.45) is 0. The minimum atomic E-state index is 0. The van der Waals surface area contributed by atoms with Gasteiger partial charge in [0.15, 0.2) is 0 Å². The Bertz CT molecular complexity index is 30.1. The summed E-state index contributed by atoms with van der Waals surface area (Å²) in [5, 5.41) is 0. The summed E-state index contributed by atoms with van der Waals surface area (Å²) in [7, 11) is 0. The molecule has 0 aromatic rings. The maximum Gasteiger partial charge on any atom is 2.00 e. The molecule has 0 bridgehead atoms. The van der Waals surface area contributed by atoms with E-state index in [0.29, 0.717) is 0 Å². The van der Waals surface area contributed by atoms with E-state index in [9.17, 15) is 0 Å². The van der Waals surface area contributed by atoms with Crippen LogP contribution < -0.4 is 0 Å². The van der Waals surface area contributed by atoms with E-state index in [-0.39, 0.29) is 134 Å². The minimum Gasteiger partial charge on any atom is -1.00 e. The molecule has 41 valence electrons. The Morgan fingerprint density at radius 3 is 1.14 bits per heavy atom. The van der Waals surface area contributed by atoms with Crippen molar-refractivity contribution in [3.8, 4) is 0 Å². The third kappa shape index (κ3) is 42.4. The summed E-state index contributed by atoms with van der Waals surface area (Å²) in [4.78, 5) is 0. The monoisotopic (exact) mass is 283 g/mol. The fourth-order valence-corrected chi connectivity index (χ4v) is 0. The number of hydrogen-bond acceptors (Lipinski definition) is 0. The Morgan fingerprint density at radius 2 is 1.14 bits per heavy atom. The van der Waals surface area contributed by atoms with Crippen molar-refractivity contribution in [3.05, 3.63) is 0 Å². The van der Waals surface area contributed by atoms with Crippen molar-refractivity contribution in [1.29, 1.82) is 0 Å². The molecule has 0 saturated carbocycles. The summed E-state index contributed by atoms with van der Waals surface area (Å²) in [6, 6.07) is 0. The predicted octanol–water partition coefficient (Wildman–Crippen LogP) is 0.0515. The summed E-state index contributed by atoms with van der Waals surface area (Å²) in [5.74, 6) is 0. The quantitative estimate of drug-likeness (QED) is 0.551. The molecule has 0 fully saturated rings. The average molecular weight is 281 g/mol. The normalized spacial score (nSPS) is 0. The SMILES string of the molecule is C.S.[B].[Ca+2].[Fe].[H-].[H-].[H-].[H-].[Mg+2].[Mo]. The van der Waals surface area contributed by atoms with Crippen LogP contribution in [0.4, 0.5) is 0 Å². The molecule has 6 heteroatoms. The van der Waals surface area contributed by atoms with Crippen molar-refractivity contribution in [3.63, 3.8) is 0 Å². The maximum absolute atomic E-state index is 0. The van der Waals surface area contributed by atoms with E-state index >= 15 is 0 Å². The molecule has 0 aliphatic heterocycles. The molecule has 0 aromatic heterocycles. The molecule has 0 saturated heterocycles. The van der Waals surface area contributed by atoms with Gasteiger partial charge in [0.2, 0.25) is 0 Å². The van der Waals surface area contributed by atoms with E-state index < -0.39 is 0 Å². The summed E-state index contributed by atoms with van der Waals surface area (Å²) >= 11 is 0. The molecule has 0 aliphatic rings. The number of hydrogen-bond donors (Lipinski definition) is 0. The predicted molar refractivity (Wildman–Crippen MR) is 38.8 cm³/mol. The zero-order valence-corrected chi connectivity index (χ0v) is 11.0. The van der Waals surface area contributed by atoms with Gasteiger partial charge in [-0.15, -0.1) is 0 Å². The molecular formula is CH10BCaFeMgMoS. The summed E-state index contributed by atoms with van der Waals surface area (Å²) in [6.45, 7) is 0. The van der Waals surface area contributed by atoms with Crippen LogP contribution in [0, 0.1) is 0 Å². The number of rotatable bonds is 0. The largest absolute Gasteiger partial charge is 2.00 e. The first kappa shape index (κ1) is 74.5. The van der Waals surface area contributed by atoms with E-state index in [1.807, 2.05) is 0 Å². The van der Waals surface area contributed by atoms with Crippen molar-refractivity contribution < 1.29 is 43.8 Å². The summed E-state index contributed by atoms with van der Waals surface area (Å²) < 4.78 is 0. The first-order valence-corrected chi connectivity index (χ1v) is 0. The average Bonchev–Trinajstić information content (AvgIpc) is 0. The Morgan fingerprint density at radius 1 is 1.14 bits per heavy atom. The Balaban J connectivity index is 0. The molecule has 3 radical (unpaired) electrons. The third-order valence-corrected chi connectivity index (χ3v) is 0. The molecule has 0 N–H and O–H groups in total. The fourth-order valence-electron chi connectivity index (χ4n) is 0. The van der Waals surface area contributed by atoms with E-state index in [0.717, 1.165) is 0 Å². The molecular weight excluding hydrogens is 271 g/mol. The van der Waals surface area contributed by atoms with Gasteiger partial charge < -0.3 is 5.71 Å². The standard InChI is InChI=1S/CH4.B.Ca.Fe.Mg.Mo.H2S.4H/h1H4;;;;;;1H2;;;;/q;;+2;;+2;;;4*-1. The second kappa shape index (κ2) is 54.2. The van der Waals surface area contributed by atoms with Crippen LogP contribution in [-0.2, 0) is 38.1 Å². The van der Waals surface area contributed by atoms with Crippen LogP contribution in [-0.4, -0.2) is 69.2 Å². The van der Waals surface area contributed by atoms with Gasteiger partial charge in [0.25, 0.3) is 0 Å².